The highest BCUT2D eigenvalue weighted by atomic mass is 32.2. The monoisotopic (exact) mass is 339 g/mol. The molecule has 3 amide bonds. The fourth-order valence-corrected chi connectivity index (χ4v) is 3.40. The second kappa shape index (κ2) is 7.10. The van der Waals surface area contributed by atoms with Crippen molar-refractivity contribution in [3.8, 4) is 0 Å². The lowest BCUT2D eigenvalue weighted by molar-refractivity contribution is -0.124. The van der Waals surface area contributed by atoms with Gasteiger partial charge in [-0.25, -0.2) is 17.5 Å². The second-order valence-corrected chi connectivity index (χ2v) is 7.68. The Hall–Kier alpha value is -1.93. The van der Waals surface area contributed by atoms with Gasteiger partial charge in [0.15, 0.2) is 0 Å². The molecule has 1 aliphatic rings. The molecular weight excluding hydrogens is 318 g/mol. The topological polar surface area (TPSA) is 95.6 Å². The number of carbonyl (C=O) groups excluding carboxylic acids is 2. The van der Waals surface area contributed by atoms with Crippen LogP contribution in [0.2, 0.25) is 0 Å². The van der Waals surface area contributed by atoms with E-state index in [4.69, 9.17) is 0 Å². The van der Waals surface area contributed by atoms with E-state index in [0.717, 1.165) is 11.8 Å². The van der Waals surface area contributed by atoms with Crippen LogP contribution in [0.4, 0.5) is 10.5 Å². The number of hydrogen-bond donors (Lipinski definition) is 2. The molecule has 7 nitrogen and oxygen atoms in total. The van der Waals surface area contributed by atoms with Gasteiger partial charge in [-0.2, -0.15) is 0 Å². The first-order valence-electron chi connectivity index (χ1n) is 7.40. The minimum atomic E-state index is -3.22. The maximum Gasteiger partial charge on any atom is 0.325 e. The molecule has 1 heterocycles. The Bertz CT molecular complexity index is 694. The summed E-state index contributed by atoms with van der Waals surface area (Å²) in [6.45, 7) is 2.46. The number of urea groups is 1. The van der Waals surface area contributed by atoms with Crippen LogP contribution in [0.25, 0.3) is 0 Å². The molecular formula is C15H21N3O4S. The molecule has 0 radical (unpaired) electrons. The summed E-state index contributed by atoms with van der Waals surface area (Å²) in [6.07, 6.45) is 1.98. The summed E-state index contributed by atoms with van der Waals surface area (Å²) in [5.74, 6) is -0.722. The number of nitrogens with zero attached hydrogens (tertiary/aromatic N) is 1. The number of rotatable bonds is 3. The van der Waals surface area contributed by atoms with Gasteiger partial charge in [-0.3, -0.25) is 10.1 Å². The largest absolute Gasteiger partial charge is 0.325 e. The SMILES string of the molecule is Cc1ccccc1NC(=O)NC(=O)C1CCN(S(C)(=O)=O)CC1. The number of benzene rings is 1. The molecule has 0 atom stereocenters. The standard InChI is InChI=1S/C15H21N3O4S/c1-11-5-3-4-6-13(11)16-15(20)17-14(19)12-7-9-18(10-8-12)23(2,21)22/h3-6,12H,7-10H2,1-2H3,(H2,16,17,19,20). The predicted octanol–water partition coefficient (Wildman–Crippen LogP) is 1.31. The number of para-hydroxylation sites is 1. The van der Waals surface area contributed by atoms with E-state index in [0.29, 0.717) is 31.6 Å². The van der Waals surface area contributed by atoms with Crippen LogP contribution in [0.5, 0.6) is 0 Å². The smallest absolute Gasteiger partial charge is 0.307 e. The Morgan fingerprint density at radius 1 is 1.17 bits per heavy atom. The molecule has 1 aromatic carbocycles. The average Bonchev–Trinajstić information content (AvgIpc) is 2.49. The fourth-order valence-electron chi connectivity index (χ4n) is 2.53. The molecule has 0 aliphatic carbocycles. The van der Waals surface area contributed by atoms with Gasteiger partial charge in [-0.1, -0.05) is 18.2 Å². The van der Waals surface area contributed by atoms with Gasteiger partial charge >= 0.3 is 6.03 Å². The van der Waals surface area contributed by atoms with Crippen molar-refractivity contribution in [1.29, 1.82) is 0 Å². The Labute approximate surface area is 136 Å². The summed E-state index contributed by atoms with van der Waals surface area (Å²) in [7, 11) is -3.22. The molecule has 1 saturated heterocycles. The number of anilines is 1. The van der Waals surface area contributed by atoms with Crippen molar-refractivity contribution in [3.05, 3.63) is 29.8 Å². The number of imide groups is 1. The lowest BCUT2D eigenvalue weighted by Crippen LogP contribution is -2.44. The summed E-state index contributed by atoms with van der Waals surface area (Å²) in [4.78, 5) is 24.0. The van der Waals surface area contributed by atoms with Crippen LogP contribution < -0.4 is 10.6 Å². The van der Waals surface area contributed by atoms with Gasteiger partial charge in [-0.15, -0.1) is 0 Å². The van der Waals surface area contributed by atoms with Crippen LogP contribution in [-0.4, -0.2) is 44.0 Å². The number of sulfonamides is 1. The molecule has 23 heavy (non-hydrogen) atoms. The van der Waals surface area contributed by atoms with E-state index in [1.165, 1.54) is 4.31 Å². The third-order valence-corrected chi connectivity index (χ3v) is 5.23. The molecule has 8 heteroatoms. The van der Waals surface area contributed by atoms with Crippen LogP contribution in [0.1, 0.15) is 18.4 Å². The third-order valence-electron chi connectivity index (χ3n) is 3.92. The normalized spacial score (nSPS) is 16.8. The zero-order valence-electron chi connectivity index (χ0n) is 13.2. The molecule has 0 spiro atoms. The van der Waals surface area contributed by atoms with Crippen molar-refractivity contribution in [1.82, 2.24) is 9.62 Å². The first kappa shape index (κ1) is 17.4. The summed E-state index contributed by atoms with van der Waals surface area (Å²) < 4.78 is 24.2. The van der Waals surface area contributed by atoms with Gasteiger partial charge in [-0.05, 0) is 31.4 Å². The summed E-state index contributed by atoms with van der Waals surface area (Å²) in [6, 6.07) is 6.70. The highest BCUT2D eigenvalue weighted by molar-refractivity contribution is 7.88. The molecule has 2 N–H and O–H groups in total. The highest BCUT2D eigenvalue weighted by Crippen LogP contribution is 2.19. The van der Waals surface area contributed by atoms with Gasteiger partial charge in [0.05, 0.1) is 6.26 Å². The summed E-state index contributed by atoms with van der Waals surface area (Å²) in [5.41, 5.74) is 1.54. The van der Waals surface area contributed by atoms with Crippen molar-refractivity contribution in [3.63, 3.8) is 0 Å². The molecule has 0 aromatic heterocycles. The first-order chi connectivity index (χ1) is 10.8. The Morgan fingerprint density at radius 2 is 1.78 bits per heavy atom. The van der Waals surface area contributed by atoms with Crippen molar-refractivity contribution < 1.29 is 18.0 Å². The predicted molar refractivity (Wildman–Crippen MR) is 87.5 cm³/mol. The van der Waals surface area contributed by atoms with E-state index >= 15 is 0 Å². The molecule has 0 bridgehead atoms. The van der Waals surface area contributed by atoms with Gasteiger partial charge < -0.3 is 5.32 Å². The maximum atomic E-state index is 12.1. The number of aryl methyl sites for hydroxylation is 1. The van der Waals surface area contributed by atoms with Crippen molar-refractivity contribution in [2.45, 2.75) is 19.8 Å². The first-order valence-corrected chi connectivity index (χ1v) is 9.25. The molecule has 0 saturated carbocycles. The quantitative estimate of drug-likeness (QED) is 0.868. The Morgan fingerprint density at radius 3 is 2.35 bits per heavy atom. The molecule has 1 aliphatic heterocycles. The van der Waals surface area contributed by atoms with E-state index < -0.39 is 16.1 Å². The number of nitrogens with one attached hydrogen (secondary N) is 2. The number of amides is 3. The minimum absolute atomic E-state index is 0.302. The van der Waals surface area contributed by atoms with E-state index in [-0.39, 0.29) is 11.8 Å². The Balaban J connectivity index is 1.86. The highest BCUT2D eigenvalue weighted by Gasteiger charge is 2.29. The lowest BCUT2D eigenvalue weighted by atomic mass is 9.97. The van der Waals surface area contributed by atoms with Crippen molar-refractivity contribution in [2.75, 3.05) is 24.7 Å². The zero-order valence-corrected chi connectivity index (χ0v) is 14.0. The van der Waals surface area contributed by atoms with Gasteiger partial charge in [0, 0.05) is 24.7 Å². The second-order valence-electron chi connectivity index (χ2n) is 5.69. The van der Waals surface area contributed by atoms with Gasteiger partial charge in [0.25, 0.3) is 0 Å². The number of piperidine rings is 1. The van der Waals surface area contributed by atoms with E-state index in [1.807, 2.05) is 19.1 Å². The van der Waals surface area contributed by atoms with Crippen molar-refractivity contribution in [2.24, 2.45) is 5.92 Å². The van der Waals surface area contributed by atoms with Crippen LogP contribution in [0.15, 0.2) is 24.3 Å². The third kappa shape index (κ3) is 4.77. The van der Waals surface area contributed by atoms with Gasteiger partial charge in [0.2, 0.25) is 15.9 Å². The van der Waals surface area contributed by atoms with E-state index in [9.17, 15) is 18.0 Å². The zero-order chi connectivity index (χ0) is 17.0. The minimum Gasteiger partial charge on any atom is -0.307 e. The van der Waals surface area contributed by atoms with E-state index in [2.05, 4.69) is 10.6 Å². The molecule has 126 valence electrons. The lowest BCUT2D eigenvalue weighted by Gasteiger charge is -2.29. The van der Waals surface area contributed by atoms with Crippen LogP contribution in [0.3, 0.4) is 0 Å². The molecule has 0 unspecified atom stereocenters. The summed E-state index contributed by atoms with van der Waals surface area (Å²) in [5, 5.41) is 4.96. The molecule has 2 rings (SSSR count). The molecule has 1 aromatic rings. The number of carbonyl (C=O) groups is 2. The number of hydrogen-bond acceptors (Lipinski definition) is 4. The molecule has 1 fully saturated rings. The van der Waals surface area contributed by atoms with E-state index in [1.54, 1.807) is 12.1 Å². The fraction of sp³-hybridized carbons (Fsp3) is 0.467. The van der Waals surface area contributed by atoms with Gasteiger partial charge in [0.1, 0.15) is 0 Å². The average molecular weight is 339 g/mol. The maximum absolute atomic E-state index is 12.1. The Kier molecular flexibility index (Phi) is 5.38. The van der Waals surface area contributed by atoms with Crippen LogP contribution in [-0.2, 0) is 14.8 Å². The van der Waals surface area contributed by atoms with Crippen LogP contribution >= 0.6 is 0 Å². The summed E-state index contributed by atoms with van der Waals surface area (Å²) >= 11 is 0. The van der Waals surface area contributed by atoms with Crippen molar-refractivity contribution >= 4 is 27.6 Å². The van der Waals surface area contributed by atoms with Crippen LogP contribution in [0, 0.1) is 12.8 Å².